The summed E-state index contributed by atoms with van der Waals surface area (Å²) < 4.78 is 12.8. The molecular weight excluding hydrogens is 367 g/mol. The van der Waals surface area contributed by atoms with E-state index in [0.29, 0.717) is 31.6 Å². The molecule has 0 radical (unpaired) electrons. The first-order valence-electron chi connectivity index (χ1n) is 9.43. The molecule has 1 saturated carbocycles. The molecule has 1 aliphatic rings. The number of carbonyl (C=O) groups is 3. The zero-order chi connectivity index (χ0) is 20.5. The van der Waals surface area contributed by atoms with Crippen molar-refractivity contribution in [2.75, 3.05) is 26.2 Å². The van der Waals surface area contributed by atoms with Crippen molar-refractivity contribution >= 4 is 17.9 Å². The number of amides is 3. The SMILES string of the molecule is CCN(CC(=O)O)C1CC(NC(=O)NCCCNC(=O)c2ccc(F)cc2)C1. The third kappa shape index (κ3) is 6.80. The highest BCUT2D eigenvalue weighted by Gasteiger charge is 2.34. The summed E-state index contributed by atoms with van der Waals surface area (Å²) in [6.45, 7) is 3.41. The fourth-order valence-electron chi connectivity index (χ4n) is 3.11. The Morgan fingerprint density at radius 3 is 2.39 bits per heavy atom. The van der Waals surface area contributed by atoms with Crippen LogP contribution in [-0.2, 0) is 4.79 Å². The number of carboxylic acids is 1. The Kier molecular flexibility index (Phi) is 8.19. The molecular formula is C19H27FN4O4. The summed E-state index contributed by atoms with van der Waals surface area (Å²) in [4.78, 5) is 36.4. The lowest BCUT2D eigenvalue weighted by molar-refractivity contribution is -0.139. The molecule has 4 N–H and O–H groups in total. The third-order valence-corrected chi connectivity index (χ3v) is 4.74. The first-order chi connectivity index (χ1) is 13.4. The molecule has 8 nitrogen and oxygen atoms in total. The number of rotatable bonds is 10. The second kappa shape index (κ2) is 10.6. The fraction of sp³-hybridized carbons (Fsp3) is 0.526. The van der Waals surface area contributed by atoms with Crippen molar-refractivity contribution in [2.24, 2.45) is 0 Å². The van der Waals surface area contributed by atoms with Crippen LogP contribution in [-0.4, -0.2) is 66.2 Å². The zero-order valence-corrected chi connectivity index (χ0v) is 15.9. The largest absolute Gasteiger partial charge is 0.480 e. The van der Waals surface area contributed by atoms with E-state index in [4.69, 9.17) is 5.11 Å². The lowest BCUT2D eigenvalue weighted by atomic mass is 9.85. The molecule has 9 heteroatoms. The number of halogens is 1. The number of nitrogens with zero attached hydrogens (tertiary/aromatic N) is 1. The van der Waals surface area contributed by atoms with Gasteiger partial charge in [-0.1, -0.05) is 6.92 Å². The smallest absolute Gasteiger partial charge is 0.317 e. The van der Waals surface area contributed by atoms with Crippen LogP contribution in [0.3, 0.4) is 0 Å². The Morgan fingerprint density at radius 2 is 1.79 bits per heavy atom. The molecule has 1 fully saturated rings. The van der Waals surface area contributed by atoms with Crippen LogP contribution in [0, 0.1) is 5.82 Å². The van der Waals surface area contributed by atoms with Gasteiger partial charge in [-0.05, 0) is 50.1 Å². The van der Waals surface area contributed by atoms with E-state index in [1.54, 1.807) is 0 Å². The number of carboxylic acid groups (broad SMARTS) is 1. The van der Waals surface area contributed by atoms with Crippen molar-refractivity contribution in [1.29, 1.82) is 0 Å². The minimum Gasteiger partial charge on any atom is -0.480 e. The van der Waals surface area contributed by atoms with E-state index in [1.807, 2.05) is 11.8 Å². The van der Waals surface area contributed by atoms with Crippen LogP contribution in [0.1, 0.15) is 36.5 Å². The fourth-order valence-corrected chi connectivity index (χ4v) is 3.11. The van der Waals surface area contributed by atoms with Crippen molar-refractivity contribution in [2.45, 2.75) is 38.3 Å². The van der Waals surface area contributed by atoms with Gasteiger partial charge in [-0.25, -0.2) is 9.18 Å². The number of nitrogens with one attached hydrogen (secondary N) is 3. The molecule has 0 aliphatic heterocycles. The molecule has 0 aromatic heterocycles. The first kappa shape index (κ1) is 21.6. The van der Waals surface area contributed by atoms with E-state index in [-0.39, 0.29) is 30.6 Å². The summed E-state index contributed by atoms with van der Waals surface area (Å²) in [5, 5.41) is 17.2. The van der Waals surface area contributed by atoms with Crippen molar-refractivity contribution in [3.8, 4) is 0 Å². The predicted molar refractivity (Wildman–Crippen MR) is 102 cm³/mol. The van der Waals surface area contributed by atoms with Crippen molar-refractivity contribution in [1.82, 2.24) is 20.9 Å². The van der Waals surface area contributed by atoms with Crippen molar-refractivity contribution < 1.29 is 23.9 Å². The molecule has 0 unspecified atom stereocenters. The van der Waals surface area contributed by atoms with Gasteiger partial charge in [-0.15, -0.1) is 0 Å². The summed E-state index contributed by atoms with van der Waals surface area (Å²) in [7, 11) is 0. The van der Waals surface area contributed by atoms with Crippen LogP contribution < -0.4 is 16.0 Å². The van der Waals surface area contributed by atoms with Crippen molar-refractivity contribution in [3.05, 3.63) is 35.6 Å². The minimum atomic E-state index is -0.845. The molecule has 0 spiro atoms. The highest BCUT2D eigenvalue weighted by atomic mass is 19.1. The van der Waals surface area contributed by atoms with Gasteiger partial charge in [0.05, 0.1) is 6.54 Å². The second-order valence-corrected chi connectivity index (χ2v) is 6.80. The van der Waals surface area contributed by atoms with Gasteiger partial charge in [0, 0.05) is 30.7 Å². The Morgan fingerprint density at radius 1 is 1.14 bits per heavy atom. The second-order valence-electron chi connectivity index (χ2n) is 6.80. The molecule has 0 saturated heterocycles. The summed E-state index contributed by atoms with van der Waals surface area (Å²) in [5.41, 5.74) is 0.385. The lowest BCUT2D eigenvalue weighted by Crippen LogP contribution is -2.56. The summed E-state index contributed by atoms with van der Waals surface area (Å²) in [5.74, 6) is -1.52. The van der Waals surface area contributed by atoms with E-state index in [2.05, 4.69) is 16.0 Å². The van der Waals surface area contributed by atoms with Gasteiger partial charge < -0.3 is 21.1 Å². The van der Waals surface area contributed by atoms with Gasteiger partial charge in [-0.3, -0.25) is 14.5 Å². The van der Waals surface area contributed by atoms with Crippen LogP contribution in [0.25, 0.3) is 0 Å². The number of likely N-dealkylation sites (N-methyl/N-ethyl adjacent to an activating group) is 1. The van der Waals surface area contributed by atoms with Gasteiger partial charge in [0.25, 0.3) is 5.91 Å². The third-order valence-electron chi connectivity index (χ3n) is 4.74. The summed E-state index contributed by atoms with van der Waals surface area (Å²) in [6.07, 6.45) is 2.04. The van der Waals surface area contributed by atoms with Crippen LogP contribution in [0.5, 0.6) is 0 Å². The maximum atomic E-state index is 12.8. The van der Waals surface area contributed by atoms with Gasteiger partial charge in [0.15, 0.2) is 0 Å². The maximum absolute atomic E-state index is 12.8. The average molecular weight is 394 g/mol. The number of hydrogen-bond acceptors (Lipinski definition) is 4. The average Bonchev–Trinajstić information content (AvgIpc) is 2.62. The van der Waals surface area contributed by atoms with Gasteiger partial charge in [0.2, 0.25) is 0 Å². The van der Waals surface area contributed by atoms with Crippen LogP contribution >= 0.6 is 0 Å². The van der Waals surface area contributed by atoms with E-state index in [9.17, 15) is 18.8 Å². The lowest BCUT2D eigenvalue weighted by Gasteiger charge is -2.42. The Hall–Kier alpha value is -2.68. The molecule has 1 aliphatic carbocycles. The topological polar surface area (TPSA) is 111 Å². The Labute approximate surface area is 163 Å². The van der Waals surface area contributed by atoms with Crippen LogP contribution in [0.4, 0.5) is 9.18 Å². The molecule has 1 aromatic carbocycles. The minimum absolute atomic E-state index is 0.0176. The molecule has 28 heavy (non-hydrogen) atoms. The van der Waals surface area contributed by atoms with Gasteiger partial charge >= 0.3 is 12.0 Å². The highest BCUT2D eigenvalue weighted by molar-refractivity contribution is 5.94. The van der Waals surface area contributed by atoms with E-state index >= 15 is 0 Å². The number of aliphatic carboxylic acids is 1. The van der Waals surface area contributed by atoms with E-state index in [1.165, 1.54) is 24.3 Å². The van der Waals surface area contributed by atoms with Crippen molar-refractivity contribution in [3.63, 3.8) is 0 Å². The zero-order valence-electron chi connectivity index (χ0n) is 15.9. The summed E-state index contributed by atoms with van der Waals surface area (Å²) in [6, 6.07) is 5.26. The molecule has 0 heterocycles. The monoisotopic (exact) mass is 394 g/mol. The molecule has 0 bridgehead atoms. The first-order valence-corrected chi connectivity index (χ1v) is 9.43. The summed E-state index contributed by atoms with van der Waals surface area (Å²) >= 11 is 0. The van der Waals surface area contributed by atoms with Gasteiger partial charge in [0.1, 0.15) is 5.82 Å². The molecule has 2 rings (SSSR count). The Bertz CT molecular complexity index is 677. The maximum Gasteiger partial charge on any atom is 0.317 e. The Balaban J connectivity index is 1.54. The highest BCUT2D eigenvalue weighted by Crippen LogP contribution is 2.25. The molecule has 0 atom stereocenters. The number of benzene rings is 1. The molecule has 1 aromatic rings. The quantitative estimate of drug-likeness (QED) is 0.446. The van der Waals surface area contributed by atoms with Crippen LogP contribution in [0.15, 0.2) is 24.3 Å². The number of carbonyl (C=O) groups excluding carboxylic acids is 2. The van der Waals surface area contributed by atoms with E-state index in [0.717, 1.165) is 12.8 Å². The van der Waals surface area contributed by atoms with Gasteiger partial charge in [-0.2, -0.15) is 0 Å². The normalized spacial score (nSPS) is 18.2. The standard InChI is InChI=1S/C19H27FN4O4/c1-2-24(12-17(25)26)16-10-15(11-16)23-19(28)22-9-3-8-21-18(27)13-4-6-14(20)7-5-13/h4-7,15-16H,2-3,8-12H2,1H3,(H,21,27)(H,25,26)(H2,22,23,28). The number of urea groups is 1. The van der Waals surface area contributed by atoms with E-state index < -0.39 is 11.8 Å². The number of hydrogen-bond donors (Lipinski definition) is 4. The van der Waals surface area contributed by atoms with Crippen LogP contribution in [0.2, 0.25) is 0 Å². The molecule has 3 amide bonds. The molecule has 154 valence electrons. The predicted octanol–water partition coefficient (Wildman–Crippen LogP) is 1.18.